The van der Waals surface area contributed by atoms with Gasteiger partial charge in [0.2, 0.25) is 5.69 Å². The lowest BCUT2D eigenvalue weighted by atomic mass is 9.76. The molecule has 0 amide bonds. The minimum Gasteiger partial charge on any atom is -0.454 e. The number of benzene rings is 4. The Morgan fingerprint density at radius 2 is 1.52 bits per heavy atom. The topological polar surface area (TPSA) is 20.3 Å². The van der Waals surface area contributed by atoms with Crippen molar-refractivity contribution < 1.29 is 13.4 Å². The fourth-order valence-electron chi connectivity index (χ4n) is 6.42. The number of hydrogen-bond donors (Lipinski definition) is 0. The van der Waals surface area contributed by atoms with E-state index in [1.807, 2.05) is 43.6 Å². The van der Waals surface area contributed by atoms with Crippen molar-refractivity contribution in [1.29, 1.82) is 0 Å². The summed E-state index contributed by atoms with van der Waals surface area (Å²) in [6, 6.07) is 30.6. The van der Waals surface area contributed by atoms with Crippen molar-refractivity contribution in [3.05, 3.63) is 114 Å². The van der Waals surface area contributed by atoms with Gasteiger partial charge in [0, 0.05) is 40.7 Å². The summed E-state index contributed by atoms with van der Waals surface area (Å²) in [5, 5.41) is 1.91. The van der Waals surface area contributed by atoms with Crippen LogP contribution in [-0.2, 0) is 12.5 Å². The van der Waals surface area contributed by atoms with Crippen molar-refractivity contribution in [2.45, 2.75) is 32.6 Å². The highest BCUT2D eigenvalue weighted by atomic mass is 19.1. The van der Waals surface area contributed by atoms with Gasteiger partial charge in [-0.05, 0) is 60.2 Å². The standard InChI is InChI=1S/C36H32FN2O/c1-23-16-17-25-26-18-19-29(37)32(35(26)40-34(25)31(23)30-15-8-9-21-38(30)4)27-13-10-14-28-33(27)39(22-20-36(28,2)3)24-11-6-5-7-12-24/h5-19,21H,20,22H2,1-4H3/q+1. The third-order valence-corrected chi connectivity index (χ3v) is 8.61. The Kier molecular flexibility index (Phi) is 5.57. The smallest absolute Gasteiger partial charge is 0.216 e. The molecule has 0 atom stereocenters. The molecule has 0 radical (unpaired) electrons. The number of anilines is 2. The molecule has 6 aromatic rings. The van der Waals surface area contributed by atoms with Crippen LogP contribution in [0.1, 0.15) is 31.4 Å². The zero-order valence-electron chi connectivity index (χ0n) is 23.3. The molecule has 1 aliphatic rings. The summed E-state index contributed by atoms with van der Waals surface area (Å²) in [7, 11) is 2.04. The van der Waals surface area contributed by atoms with Gasteiger partial charge in [-0.25, -0.2) is 8.96 Å². The third-order valence-electron chi connectivity index (χ3n) is 8.61. The first kappa shape index (κ1) is 24.6. The molecule has 0 aliphatic carbocycles. The number of fused-ring (bicyclic) bond motifs is 4. The first-order chi connectivity index (χ1) is 19.3. The van der Waals surface area contributed by atoms with Crippen LogP contribution in [0.4, 0.5) is 15.8 Å². The Morgan fingerprint density at radius 3 is 2.30 bits per heavy atom. The molecule has 0 spiro atoms. The molecule has 4 heteroatoms. The Balaban J connectivity index is 1.56. The molecular formula is C36H32FN2O+. The molecule has 2 aromatic heterocycles. The van der Waals surface area contributed by atoms with E-state index in [0.717, 1.165) is 63.1 Å². The molecule has 0 fully saturated rings. The van der Waals surface area contributed by atoms with Crippen LogP contribution in [0, 0.1) is 12.7 Å². The van der Waals surface area contributed by atoms with Crippen LogP contribution in [0.15, 0.2) is 102 Å². The maximum absolute atomic E-state index is 16.1. The van der Waals surface area contributed by atoms with Crippen molar-refractivity contribution in [2.24, 2.45) is 7.05 Å². The van der Waals surface area contributed by atoms with Gasteiger partial charge in [0.1, 0.15) is 24.0 Å². The van der Waals surface area contributed by atoms with E-state index in [9.17, 15) is 0 Å². The van der Waals surface area contributed by atoms with Gasteiger partial charge in [-0.2, -0.15) is 0 Å². The summed E-state index contributed by atoms with van der Waals surface area (Å²) in [6.07, 6.45) is 3.05. The van der Waals surface area contributed by atoms with E-state index in [0.29, 0.717) is 11.1 Å². The second-order valence-electron chi connectivity index (χ2n) is 11.6. The van der Waals surface area contributed by atoms with Crippen molar-refractivity contribution in [1.82, 2.24) is 0 Å². The fraction of sp³-hybridized carbons (Fsp3) is 0.194. The Bertz CT molecular complexity index is 1920. The largest absolute Gasteiger partial charge is 0.454 e. The summed E-state index contributed by atoms with van der Waals surface area (Å²) in [5.41, 5.74) is 9.31. The molecule has 0 unspecified atom stereocenters. The predicted molar refractivity (Wildman–Crippen MR) is 162 cm³/mol. The van der Waals surface area contributed by atoms with E-state index < -0.39 is 0 Å². The number of pyridine rings is 1. The second-order valence-corrected chi connectivity index (χ2v) is 11.6. The summed E-state index contributed by atoms with van der Waals surface area (Å²) in [6.45, 7) is 7.52. The fourth-order valence-corrected chi connectivity index (χ4v) is 6.42. The van der Waals surface area contributed by atoms with E-state index in [1.165, 1.54) is 5.56 Å². The van der Waals surface area contributed by atoms with Crippen LogP contribution in [0.25, 0.3) is 44.3 Å². The van der Waals surface area contributed by atoms with Gasteiger partial charge in [0.15, 0.2) is 6.20 Å². The molecule has 0 bridgehead atoms. The first-order valence-electron chi connectivity index (χ1n) is 13.9. The molecule has 4 aromatic carbocycles. The first-order valence-corrected chi connectivity index (χ1v) is 13.9. The normalized spacial score (nSPS) is 14.6. The Hall–Kier alpha value is -4.44. The Morgan fingerprint density at radius 1 is 0.800 bits per heavy atom. The van der Waals surface area contributed by atoms with Crippen molar-refractivity contribution in [3.63, 3.8) is 0 Å². The van der Waals surface area contributed by atoms with Gasteiger partial charge in [-0.15, -0.1) is 0 Å². The maximum atomic E-state index is 16.1. The molecule has 3 heterocycles. The third kappa shape index (κ3) is 3.66. The van der Waals surface area contributed by atoms with Crippen molar-refractivity contribution >= 4 is 33.3 Å². The minimum atomic E-state index is -0.278. The molecule has 0 N–H and O–H groups in total. The molecule has 1 aliphatic heterocycles. The SMILES string of the molecule is Cc1ccc2c(oc3c(-c4cccc5c4N(c4ccccc4)CCC5(C)C)c(F)ccc32)c1-c1cccc[n+]1C. The number of rotatable bonds is 3. The molecular weight excluding hydrogens is 495 g/mol. The van der Waals surface area contributed by atoms with Gasteiger partial charge >= 0.3 is 0 Å². The summed E-state index contributed by atoms with van der Waals surface area (Å²) in [5.74, 6) is -0.278. The van der Waals surface area contributed by atoms with Crippen LogP contribution >= 0.6 is 0 Å². The van der Waals surface area contributed by atoms with Crippen molar-refractivity contribution in [3.8, 4) is 22.4 Å². The van der Waals surface area contributed by atoms with E-state index >= 15 is 4.39 Å². The Labute approximate surface area is 234 Å². The highest BCUT2D eigenvalue weighted by molar-refractivity contribution is 6.14. The lowest BCUT2D eigenvalue weighted by molar-refractivity contribution is -0.660. The van der Waals surface area contributed by atoms with E-state index in [-0.39, 0.29) is 11.2 Å². The molecule has 198 valence electrons. The lowest BCUT2D eigenvalue weighted by Crippen LogP contribution is -2.35. The lowest BCUT2D eigenvalue weighted by Gasteiger charge is -2.41. The molecule has 0 saturated carbocycles. The number of aromatic nitrogens is 1. The average Bonchev–Trinajstić information content (AvgIpc) is 3.32. The van der Waals surface area contributed by atoms with Crippen LogP contribution in [-0.4, -0.2) is 6.54 Å². The number of furan rings is 1. The number of para-hydroxylation sites is 2. The average molecular weight is 528 g/mol. The predicted octanol–water partition coefficient (Wildman–Crippen LogP) is 9.01. The zero-order valence-corrected chi connectivity index (χ0v) is 23.3. The van der Waals surface area contributed by atoms with Gasteiger partial charge < -0.3 is 9.32 Å². The summed E-state index contributed by atoms with van der Waals surface area (Å²) in [4.78, 5) is 2.34. The van der Waals surface area contributed by atoms with Crippen LogP contribution in [0.3, 0.4) is 0 Å². The number of nitrogens with zero attached hydrogens (tertiary/aromatic N) is 2. The second kappa shape index (κ2) is 9.06. The van der Waals surface area contributed by atoms with E-state index in [4.69, 9.17) is 4.42 Å². The van der Waals surface area contributed by atoms with Crippen LogP contribution in [0.2, 0.25) is 0 Å². The van der Waals surface area contributed by atoms with E-state index in [2.05, 4.69) is 84.8 Å². The van der Waals surface area contributed by atoms with Gasteiger partial charge in [0.05, 0.1) is 16.8 Å². The van der Waals surface area contributed by atoms with Crippen LogP contribution < -0.4 is 9.47 Å². The number of aryl methyl sites for hydroxylation is 2. The highest BCUT2D eigenvalue weighted by Crippen LogP contribution is 2.50. The summed E-state index contributed by atoms with van der Waals surface area (Å²) < 4.78 is 25.0. The monoisotopic (exact) mass is 527 g/mol. The summed E-state index contributed by atoms with van der Waals surface area (Å²) >= 11 is 0. The minimum absolute atomic E-state index is 0.0405. The molecule has 7 rings (SSSR count). The van der Waals surface area contributed by atoms with E-state index in [1.54, 1.807) is 6.07 Å². The molecule has 3 nitrogen and oxygen atoms in total. The molecule has 40 heavy (non-hydrogen) atoms. The van der Waals surface area contributed by atoms with Gasteiger partial charge in [-0.3, -0.25) is 0 Å². The quantitative estimate of drug-likeness (QED) is 0.214. The number of hydrogen-bond acceptors (Lipinski definition) is 2. The molecule has 0 saturated heterocycles. The highest BCUT2D eigenvalue weighted by Gasteiger charge is 2.35. The van der Waals surface area contributed by atoms with Gasteiger partial charge in [-0.1, -0.05) is 62.4 Å². The zero-order chi connectivity index (χ0) is 27.6. The maximum Gasteiger partial charge on any atom is 0.216 e. The van der Waals surface area contributed by atoms with Crippen LogP contribution in [0.5, 0.6) is 0 Å². The number of halogens is 1. The van der Waals surface area contributed by atoms with Crippen molar-refractivity contribution in [2.75, 3.05) is 11.4 Å². The van der Waals surface area contributed by atoms with Gasteiger partial charge in [0.25, 0.3) is 0 Å².